The second-order valence-electron chi connectivity index (χ2n) is 5.37. The number of hydrogen-bond acceptors (Lipinski definition) is 6. The van der Waals surface area contributed by atoms with E-state index in [1.165, 1.54) is 6.26 Å². The highest BCUT2D eigenvalue weighted by Gasteiger charge is 2.25. The van der Waals surface area contributed by atoms with Crippen LogP contribution in [0.4, 0.5) is 5.82 Å². The van der Waals surface area contributed by atoms with E-state index in [4.69, 9.17) is 0 Å². The fourth-order valence-corrected chi connectivity index (χ4v) is 3.52. The average molecular weight is 310 g/mol. The summed E-state index contributed by atoms with van der Waals surface area (Å²) in [5.74, 6) is 1.55. The number of nitrogens with zero attached hydrogens (tertiary/aromatic N) is 5. The molecule has 1 unspecified atom stereocenters. The average Bonchev–Trinajstić information content (AvgIpc) is 2.79. The van der Waals surface area contributed by atoms with Crippen molar-refractivity contribution in [3.05, 3.63) is 18.2 Å². The van der Waals surface area contributed by atoms with Crippen LogP contribution in [0.3, 0.4) is 0 Å². The first kappa shape index (κ1) is 14.2. The molecule has 1 saturated heterocycles. The number of rotatable bonds is 3. The van der Waals surface area contributed by atoms with Gasteiger partial charge in [0.15, 0.2) is 5.82 Å². The molecule has 1 fully saturated rings. The molecule has 1 aliphatic rings. The van der Waals surface area contributed by atoms with Gasteiger partial charge >= 0.3 is 0 Å². The fourth-order valence-electron chi connectivity index (χ4n) is 2.72. The van der Waals surface area contributed by atoms with E-state index in [9.17, 15) is 8.42 Å². The van der Waals surface area contributed by atoms with Gasteiger partial charge in [0.05, 0.1) is 6.26 Å². The van der Waals surface area contributed by atoms with Gasteiger partial charge in [-0.05, 0) is 19.8 Å². The highest BCUT2D eigenvalue weighted by atomic mass is 32.2. The minimum atomic E-state index is -3.20. The molecule has 3 rings (SSSR count). The second kappa shape index (κ2) is 5.23. The molecule has 0 spiro atoms. The highest BCUT2D eigenvalue weighted by Crippen LogP contribution is 2.22. The van der Waals surface area contributed by atoms with Gasteiger partial charge in [0, 0.05) is 31.5 Å². The largest absolute Gasteiger partial charge is 0.352 e. The summed E-state index contributed by atoms with van der Waals surface area (Å²) >= 11 is 0. The van der Waals surface area contributed by atoms with Gasteiger partial charge in [0.1, 0.15) is 5.82 Å². The zero-order chi connectivity index (χ0) is 15.0. The molecule has 0 bridgehead atoms. The summed E-state index contributed by atoms with van der Waals surface area (Å²) < 4.78 is 27.3. The zero-order valence-electron chi connectivity index (χ0n) is 12.0. The van der Waals surface area contributed by atoms with E-state index < -0.39 is 10.0 Å². The molecule has 3 heterocycles. The monoisotopic (exact) mass is 310 g/mol. The topological polar surface area (TPSA) is 92.5 Å². The first-order chi connectivity index (χ1) is 9.94. The lowest BCUT2D eigenvalue weighted by Gasteiger charge is -2.33. The Morgan fingerprint density at radius 1 is 1.38 bits per heavy atom. The van der Waals surface area contributed by atoms with Gasteiger partial charge < -0.3 is 4.90 Å². The Kier molecular flexibility index (Phi) is 3.54. The maximum Gasteiger partial charge on any atom is 0.209 e. The molecule has 114 valence electrons. The normalized spacial score (nSPS) is 20.1. The number of fused-ring (bicyclic) bond motifs is 1. The van der Waals surface area contributed by atoms with Crippen LogP contribution in [0.5, 0.6) is 0 Å². The Morgan fingerprint density at radius 3 is 2.95 bits per heavy atom. The van der Waals surface area contributed by atoms with Gasteiger partial charge in [-0.15, -0.1) is 10.2 Å². The molecule has 0 amide bonds. The van der Waals surface area contributed by atoms with E-state index in [0.717, 1.165) is 31.0 Å². The van der Waals surface area contributed by atoms with Crippen LogP contribution < -0.4 is 9.62 Å². The third-order valence-electron chi connectivity index (χ3n) is 3.58. The fraction of sp³-hybridized carbons (Fsp3) is 0.583. The van der Waals surface area contributed by atoms with E-state index in [1.54, 1.807) is 6.20 Å². The van der Waals surface area contributed by atoms with Crippen molar-refractivity contribution in [2.24, 2.45) is 0 Å². The molecule has 2 aromatic heterocycles. The summed E-state index contributed by atoms with van der Waals surface area (Å²) in [5.41, 5.74) is 0.704. The molecule has 1 aliphatic heterocycles. The summed E-state index contributed by atoms with van der Waals surface area (Å²) in [6.07, 6.45) is 6.46. The molecule has 9 heteroatoms. The lowest BCUT2D eigenvalue weighted by Crippen LogP contribution is -2.47. The van der Waals surface area contributed by atoms with Crippen LogP contribution in [0.2, 0.25) is 0 Å². The summed E-state index contributed by atoms with van der Waals surface area (Å²) in [6, 6.07) is -0.0974. The first-order valence-electron chi connectivity index (χ1n) is 6.82. The second-order valence-corrected chi connectivity index (χ2v) is 7.15. The molecule has 8 nitrogen and oxygen atoms in total. The molecule has 1 N–H and O–H groups in total. The van der Waals surface area contributed by atoms with Gasteiger partial charge in [-0.25, -0.2) is 18.1 Å². The van der Waals surface area contributed by atoms with Crippen molar-refractivity contribution in [1.82, 2.24) is 24.3 Å². The molecule has 0 saturated carbocycles. The molecule has 1 atom stereocenters. The Bertz CT molecular complexity index is 756. The van der Waals surface area contributed by atoms with Crippen molar-refractivity contribution >= 4 is 21.5 Å². The van der Waals surface area contributed by atoms with E-state index in [2.05, 4.69) is 24.8 Å². The van der Waals surface area contributed by atoms with E-state index >= 15 is 0 Å². The van der Waals surface area contributed by atoms with Gasteiger partial charge in [0.25, 0.3) is 0 Å². The van der Waals surface area contributed by atoms with Crippen LogP contribution in [0, 0.1) is 6.92 Å². The number of aryl methyl sites for hydroxylation is 1. The lowest BCUT2D eigenvalue weighted by atomic mass is 10.1. The smallest absolute Gasteiger partial charge is 0.209 e. The molecule has 0 aliphatic carbocycles. The molecule has 21 heavy (non-hydrogen) atoms. The van der Waals surface area contributed by atoms with Crippen molar-refractivity contribution < 1.29 is 8.42 Å². The Balaban J connectivity index is 1.88. The van der Waals surface area contributed by atoms with Crippen LogP contribution in [-0.2, 0) is 10.0 Å². The lowest BCUT2D eigenvalue weighted by molar-refractivity contribution is 0.466. The van der Waals surface area contributed by atoms with Gasteiger partial charge in [-0.3, -0.25) is 4.40 Å². The van der Waals surface area contributed by atoms with Crippen molar-refractivity contribution in [2.45, 2.75) is 25.8 Å². The predicted octanol–water partition coefficient (Wildman–Crippen LogP) is -0.0493. The zero-order valence-corrected chi connectivity index (χ0v) is 12.8. The van der Waals surface area contributed by atoms with Crippen LogP contribution in [0.25, 0.3) is 5.65 Å². The number of aromatic nitrogens is 4. The summed E-state index contributed by atoms with van der Waals surface area (Å²) in [6.45, 7) is 3.31. The molecule has 2 aromatic rings. The van der Waals surface area contributed by atoms with Crippen LogP contribution >= 0.6 is 0 Å². The summed E-state index contributed by atoms with van der Waals surface area (Å²) in [7, 11) is -3.20. The van der Waals surface area contributed by atoms with Gasteiger partial charge in [0.2, 0.25) is 15.7 Å². The minimum absolute atomic E-state index is 0.0974. The number of hydrogen-bond donors (Lipinski definition) is 1. The quantitative estimate of drug-likeness (QED) is 0.854. The summed E-state index contributed by atoms with van der Waals surface area (Å²) in [5, 5.41) is 8.23. The standard InChI is InChI=1S/C12H18N6O2S/c1-9-14-15-12-11(13-5-7-18(9)12)17-6-3-4-10(8-17)16-21(2,19)20/h5,7,10,16H,3-4,6,8H2,1-2H3. The SMILES string of the molecule is Cc1nnc2c(N3CCCC(NS(C)(=O)=O)C3)nccn12. The van der Waals surface area contributed by atoms with Crippen molar-refractivity contribution in [3.8, 4) is 0 Å². The van der Waals surface area contributed by atoms with Crippen molar-refractivity contribution in [1.29, 1.82) is 0 Å². The van der Waals surface area contributed by atoms with Crippen LogP contribution in [-0.4, -0.2) is 53.4 Å². The van der Waals surface area contributed by atoms with E-state index in [-0.39, 0.29) is 6.04 Å². The number of piperidine rings is 1. The Morgan fingerprint density at radius 2 is 2.19 bits per heavy atom. The molecule has 0 aromatic carbocycles. The van der Waals surface area contributed by atoms with Crippen LogP contribution in [0.15, 0.2) is 12.4 Å². The van der Waals surface area contributed by atoms with Gasteiger partial charge in [-0.2, -0.15) is 0 Å². The maximum absolute atomic E-state index is 11.4. The van der Waals surface area contributed by atoms with Crippen LogP contribution in [0.1, 0.15) is 18.7 Å². The van der Waals surface area contributed by atoms with Crippen molar-refractivity contribution in [3.63, 3.8) is 0 Å². The number of sulfonamides is 1. The molecule has 0 radical (unpaired) electrons. The summed E-state index contributed by atoms with van der Waals surface area (Å²) in [4.78, 5) is 6.47. The van der Waals surface area contributed by atoms with Gasteiger partial charge in [-0.1, -0.05) is 0 Å². The third-order valence-corrected chi connectivity index (χ3v) is 4.34. The first-order valence-corrected chi connectivity index (χ1v) is 8.72. The number of nitrogens with one attached hydrogen (secondary N) is 1. The Labute approximate surface area is 123 Å². The highest BCUT2D eigenvalue weighted by molar-refractivity contribution is 7.88. The predicted molar refractivity (Wildman–Crippen MR) is 78.7 cm³/mol. The van der Waals surface area contributed by atoms with Crippen molar-refractivity contribution in [2.75, 3.05) is 24.2 Å². The maximum atomic E-state index is 11.4. The number of anilines is 1. The van der Waals surface area contributed by atoms with E-state index in [1.807, 2.05) is 17.5 Å². The molecular weight excluding hydrogens is 292 g/mol. The molecular formula is C12H18N6O2S. The van der Waals surface area contributed by atoms with E-state index in [0.29, 0.717) is 12.2 Å². The minimum Gasteiger partial charge on any atom is -0.352 e. The third kappa shape index (κ3) is 2.98. The Hall–Kier alpha value is -1.74.